The predicted octanol–water partition coefficient (Wildman–Crippen LogP) is 0.328. The summed E-state index contributed by atoms with van der Waals surface area (Å²) in [6.07, 6.45) is 1.07. The van der Waals surface area contributed by atoms with Gasteiger partial charge in [0.05, 0.1) is 0 Å². The van der Waals surface area contributed by atoms with Gasteiger partial charge in [0.15, 0.2) is 0 Å². The van der Waals surface area contributed by atoms with E-state index in [1.165, 1.54) is 40.0 Å². The van der Waals surface area contributed by atoms with E-state index in [-0.39, 0.29) is 17.0 Å². The van der Waals surface area contributed by atoms with Gasteiger partial charge in [-0.25, -0.2) is 0 Å². The molecule has 0 spiro atoms. The first kappa shape index (κ1) is 13.6. The third kappa shape index (κ3) is 3.54. The van der Waals surface area contributed by atoms with Crippen LogP contribution in [0.2, 0.25) is 0 Å². The van der Waals surface area contributed by atoms with E-state index in [1.807, 2.05) is 0 Å². The molecule has 0 bridgehead atoms. The molecule has 0 aliphatic heterocycles. The average Bonchev–Trinajstić information content (AvgIpc) is 2.31. The minimum atomic E-state index is 0. The molecule has 0 saturated heterocycles. The molecular formula is C14H13BrZn. The van der Waals surface area contributed by atoms with Gasteiger partial charge in [-0.1, -0.05) is 0 Å². The van der Waals surface area contributed by atoms with E-state index < -0.39 is 0 Å². The van der Waals surface area contributed by atoms with Crippen LogP contribution in [0, 0.1) is 0 Å². The van der Waals surface area contributed by atoms with Crippen molar-refractivity contribution in [1.82, 2.24) is 0 Å². The molecule has 2 aromatic rings. The van der Waals surface area contributed by atoms with Crippen molar-refractivity contribution in [2.45, 2.75) is 11.4 Å². The van der Waals surface area contributed by atoms with Crippen LogP contribution in [0.4, 0.5) is 0 Å². The topological polar surface area (TPSA) is 0 Å². The monoisotopic (exact) mass is 324 g/mol. The zero-order chi connectivity index (χ0) is 10.5. The van der Waals surface area contributed by atoms with Crippen LogP contribution in [-0.4, -0.2) is 0 Å². The standard InChI is InChI=1S/C14H13.BrH.Zn/c1-12-7-5-6-10-14(12)11-13-8-3-2-4-9-13;;/h2-10H,1,11H2;1H;/q;;+1/p-1. The fourth-order valence-electron chi connectivity index (χ4n) is 1.79. The van der Waals surface area contributed by atoms with Gasteiger partial charge in [-0.15, -0.1) is 0 Å². The first-order valence-electron chi connectivity index (χ1n) is 5.30. The van der Waals surface area contributed by atoms with Crippen molar-refractivity contribution in [1.29, 1.82) is 0 Å². The summed E-state index contributed by atoms with van der Waals surface area (Å²) < 4.78 is 0. The Bertz CT molecular complexity index is 426. The molecule has 0 saturated carbocycles. The number of rotatable bonds is 3. The maximum atomic E-state index is 2.25. The van der Waals surface area contributed by atoms with E-state index in [1.54, 1.807) is 0 Å². The second-order valence-electron chi connectivity index (χ2n) is 3.68. The van der Waals surface area contributed by atoms with Gasteiger partial charge in [0.25, 0.3) is 0 Å². The Morgan fingerprint density at radius 3 is 1.94 bits per heavy atom. The number of benzene rings is 2. The zero-order valence-electron chi connectivity index (χ0n) is 9.20. The Morgan fingerprint density at radius 1 is 0.750 bits per heavy atom. The van der Waals surface area contributed by atoms with Crippen LogP contribution < -0.4 is 17.0 Å². The fraction of sp³-hybridized carbons (Fsp3) is 0.143. The maximum absolute atomic E-state index is 2.25. The molecule has 0 aliphatic rings. The molecule has 0 N–H and O–H groups in total. The quantitative estimate of drug-likeness (QED) is 0.713. The first-order chi connectivity index (χ1) is 7.40. The van der Waals surface area contributed by atoms with Gasteiger partial charge >= 0.3 is 101 Å². The Labute approximate surface area is 118 Å². The number of halogens is 1. The van der Waals surface area contributed by atoms with Crippen molar-refractivity contribution in [3.63, 3.8) is 0 Å². The van der Waals surface area contributed by atoms with Crippen LogP contribution in [0.25, 0.3) is 0 Å². The normalized spacial score (nSPS) is 9.62. The van der Waals surface area contributed by atoms with Crippen molar-refractivity contribution < 1.29 is 35.3 Å². The van der Waals surface area contributed by atoms with Gasteiger partial charge in [-0.2, -0.15) is 0 Å². The summed E-state index contributed by atoms with van der Waals surface area (Å²) in [7, 11) is 0. The third-order valence-electron chi connectivity index (χ3n) is 2.63. The van der Waals surface area contributed by atoms with Crippen LogP contribution in [0.5, 0.6) is 0 Å². The third-order valence-corrected chi connectivity index (χ3v) is 3.76. The second kappa shape index (κ2) is 6.98. The van der Waals surface area contributed by atoms with Crippen molar-refractivity contribution in [2.24, 2.45) is 0 Å². The van der Waals surface area contributed by atoms with Gasteiger partial charge in [-0.3, -0.25) is 0 Å². The molecule has 0 radical (unpaired) electrons. The van der Waals surface area contributed by atoms with E-state index in [9.17, 15) is 0 Å². The van der Waals surface area contributed by atoms with Crippen LogP contribution in [0.3, 0.4) is 0 Å². The fourth-order valence-corrected chi connectivity index (χ4v) is 2.81. The number of hydrogen-bond donors (Lipinski definition) is 0. The first-order valence-corrected chi connectivity index (χ1v) is 7.40. The summed E-state index contributed by atoms with van der Waals surface area (Å²) in [4.78, 5) is 0. The molecule has 0 unspecified atom stereocenters. The van der Waals surface area contributed by atoms with Gasteiger partial charge in [0.1, 0.15) is 0 Å². The van der Waals surface area contributed by atoms with Crippen LogP contribution in [-0.2, 0) is 29.7 Å². The molecule has 0 aromatic heterocycles. The minimum absolute atomic E-state index is 0. The molecule has 0 heterocycles. The summed E-state index contributed by atoms with van der Waals surface area (Å²) in [6, 6.07) is 19.5. The van der Waals surface area contributed by atoms with Crippen LogP contribution >= 0.6 is 0 Å². The van der Waals surface area contributed by atoms with Gasteiger partial charge < -0.3 is 17.0 Å². The summed E-state index contributed by atoms with van der Waals surface area (Å²) in [5.41, 5.74) is 4.40. The molecule has 2 aromatic carbocycles. The van der Waals surface area contributed by atoms with Gasteiger partial charge in [0, 0.05) is 0 Å². The summed E-state index contributed by atoms with van der Waals surface area (Å²) in [6.45, 7) is 0. The molecule has 0 atom stereocenters. The van der Waals surface area contributed by atoms with E-state index in [0.717, 1.165) is 6.42 Å². The Morgan fingerprint density at radius 2 is 1.31 bits per heavy atom. The summed E-state index contributed by atoms with van der Waals surface area (Å²) in [5.74, 6) is 0. The second-order valence-corrected chi connectivity index (χ2v) is 4.73. The predicted molar refractivity (Wildman–Crippen MR) is 59.4 cm³/mol. The molecule has 0 amide bonds. The average molecular weight is 327 g/mol. The molecule has 16 heavy (non-hydrogen) atoms. The van der Waals surface area contributed by atoms with Crippen molar-refractivity contribution in [2.75, 3.05) is 0 Å². The van der Waals surface area contributed by atoms with E-state index in [4.69, 9.17) is 0 Å². The molecule has 0 aliphatic carbocycles. The molecular weight excluding hydrogens is 313 g/mol. The molecule has 0 nitrogen and oxygen atoms in total. The summed E-state index contributed by atoms with van der Waals surface area (Å²) in [5, 5.41) is 1.24. The van der Waals surface area contributed by atoms with Crippen molar-refractivity contribution in [3.8, 4) is 0 Å². The number of hydrogen-bond acceptors (Lipinski definition) is 0. The SMILES string of the molecule is [Br-].[Zn+][CH2]c1ccccc1Cc1ccccc1. The molecule has 78 valence electrons. The Hall–Kier alpha value is -0.457. The van der Waals surface area contributed by atoms with E-state index in [2.05, 4.69) is 54.6 Å². The Kier molecular flexibility index (Phi) is 5.94. The Balaban J connectivity index is 0.00000128. The summed E-state index contributed by atoms with van der Waals surface area (Å²) >= 11 is 1.34. The van der Waals surface area contributed by atoms with E-state index >= 15 is 0 Å². The van der Waals surface area contributed by atoms with Crippen molar-refractivity contribution in [3.05, 3.63) is 71.3 Å². The zero-order valence-corrected chi connectivity index (χ0v) is 13.7. The molecule has 0 fully saturated rings. The van der Waals surface area contributed by atoms with Gasteiger partial charge in [0.2, 0.25) is 0 Å². The van der Waals surface area contributed by atoms with E-state index in [0.29, 0.717) is 0 Å². The van der Waals surface area contributed by atoms with Crippen molar-refractivity contribution >= 4 is 0 Å². The molecule has 2 rings (SSSR count). The molecule has 2 heteroatoms. The van der Waals surface area contributed by atoms with Gasteiger partial charge in [-0.05, 0) is 0 Å². The van der Waals surface area contributed by atoms with Crippen LogP contribution in [0.1, 0.15) is 16.7 Å². The van der Waals surface area contributed by atoms with Crippen LogP contribution in [0.15, 0.2) is 54.6 Å².